The van der Waals surface area contributed by atoms with Crippen molar-refractivity contribution in [3.05, 3.63) is 98.5 Å². The molecule has 1 heterocycles. The Bertz CT molecular complexity index is 1320. The van der Waals surface area contributed by atoms with E-state index in [1.807, 2.05) is 56.3 Å². The lowest BCUT2D eigenvalue weighted by atomic mass is 9.93. The highest BCUT2D eigenvalue weighted by Crippen LogP contribution is 2.45. The van der Waals surface area contributed by atoms with Crippen LogP contribution in [0.3, 0.4) is 0 Å². The van der Waals surface area contributed by atoms with Crippen LogP contribution in [0.5, 0.6) is 11.5 Å². The molecule has 1 atom stereocenters. The number of hydrogen-bond acceptors (Lipinski definition) is 5. The summed E-state index contributed by atoms with van der Waals surface area (Å²) >= 11 is 3.33. The first-order valence-electron chi connectivity index (χ1n) is 10.7. The van der Waals surface area contributed by atoms with E-state index in [9.17, 15) is 19.8 Å². The molecule has 0 aromatic heterocycles. The maximum absolute atomic E-state index is 13.3. The van der Waals surface area contributed by atoms with E-state index >= 15 is 0 Å². The second kappa shape index (κ2) is 9.35. The molecule has 0 bridgehead atoms. The lowest BCUT2D eigenvalue weighted by Gasteiger charge is -2.26. The van der Waals surface area contributed by atoms with Crippen molar-refractivity contribution < 1.29 is 24.5 Å². The van der Waals surface area contributed by atoms with Crippen LogP contribution in [0.2, 0.25) is 0 Å². The fraction of sp³-hybridized carbons (Fsp3) is 0.185. The van der Waals surface area contributed by atoms with Gasteiger partial charge in [0.05, 0.1) is 23.2 Å². The topological polar surface area (TPSA) is 87.1 Å². The molecule has 6 nitrogen and oxygen atoms in total. The van der Waals surface area contributed by atoms with Crippen molar-refractivity contribution in [2.75, 3.05) is 7.11 Å². The number of aromatic hydroxyl groups is 1. The average Bonchev–Trinajstić information content (AvgIpc) is 3.07. The third-order valence-electron chi connectivity index (χ3n) is 5.97. The first-order chi connectivity index (χ1) is 16.2. The SMILES string of the molecule is COc1cc([C@H]2C(=C(O)c3cc(C)ccc3C)C(=O)C(=O)N2Cc2ccccc2)cc(Br)c1O. The average molecular weight is 522 g/mol. The Labute approximate surface area is 206 Å². The third-order valence-corrected chi connectivity index (χ3v) is 6.57. The van der Waals surface area contributed by atoms with Crippen molar-refractivity contribution in [1.29, 1.82) is 0 Å². The molecule has 2 N–H and O–H groups in total. The number of Topliss-reactive ketones (excluding diaryl/α,β-unsaturated/α-hetero) is 1. The summed E-state index contributed by atoms with van der Waals surface area (Å²) in [5, 5.41) is 21.7. The molecule has 0 spiro atoms. The summed E-state index contributed by atoms with van der Waals surface area (Å²) in [6, 6.07) is 17.2. The number of aliphatic hydroxyl groups is 1. The van der Waals surface area contributed by atoms with Crippen LogP contribution >= 0.6 is 15.9 Å². The van der Waals surface area contributed by atoms with Crippen molar-refractivity contribution in [3.63, 3.8) is 0 Å². The Morgan fingerprint density at radius 2 is 1.76 bits per heavy atom. The third kappa shape index (κ3) is 4.19. The van der Waals surface area contributed by atoms with Crippen LogP contribution in [-0.4, -0.2) is 33.9 Å². The number of likely N-dealkylation sites (tertiary alicyclic amines) is 1. The van der Waals surface area contributed by atoms with Crippen molar-refractivity contribution in [2.45, 2.75) is 26.4 Å². The summed E-state index contributed by atoms with van der Waals surface area (Å²) in [7, 11) is 1.42. The minimum atomic E-state index is -0.883. The van der Waals surface area contributed by atoms with Gasteiger partial charge in [0.25, 0.3) is 11.7 Å². The van der Waals surface area contributed by atoms with Crippen LogP contribution in [0, 0.1) is 13.8 Å². The second-order valence-electron chi connectivity index (χ2n) is 8.28. The van der Waals surface area contributed by atoms with Crippen LogP contribution < -0.4 is 4.74 Å². The molecule has 1 aliphatic rings. The lowest BCUT2D eigenvalue weighted by molar-refractivity contribution is -0.140. The fourth-order valence-electron chi connectivity index (χ4n) is 4.21. The monoisotopic (exact) mass is 521 g/mol. The number of carbonyl (C=O) groups is 2. The lowest BCUT2D eigenvalue weighted by Crippen LogP contribution is -2.29. The first kappa shape index (κ1) is 23.6. The van der Waals surface area contributed by atoms with Crippen LogP contribution in [-0.2, 0) is 16.1 Å². The smallest absolute Gasteiger partial charge is 0.295 e. The van der Waals surface area contributed by atoms with E-state index in [1.165, 1.54) is 12.0 Å². The summed E-state index contributed by atoms with van der Waals surface area (Å²) in [4.78, 5) is 28.0. The normalized spacial score (nSPS) is 17.3. The highest BCUT2D eigenvalue weighted by Gasteiger charge is 2.46. The van der Waals surface area contributed by atoms with Gasteiger partial charge in [-0.1, -0.05) is 48.0 Å². The van der Waals surface area contributed by atoms with Gasteiger partial charge in [-0.2, -0.15) is 0 Å². The molecule has 7 heteroatoms. The van der Waals surface area contributed by atoms with E-state index in [2.05, 4.69) is 15.9 Å². The fourth-order valence-corrected chi connectivity index (χ4v) is 4.67. The molecule has 0 radical (unpaired) electrons. The van der Waals surface area contributed by atoms with E-state index in [4.69, 9.17) is 4.74 Å². The van der Waals surface area contributed by atoms with Crippen LogP contribution in [0.15, 0.2) is 70.7 Å². The molecule has 0 saturated carbocycles. The number of methoxy groups -OCH3 is 1. The quantitative estimate of drug-likeness (QED) is 0.266. The number of hydrogen-bond donors (Lipinski definition) is 2. The number of aryl methyl sites for hydroxylation is 2. The molecule has 1 aliphatic heterocycles. The summed E-state index contributed by atoms with van der Waals surface area (Å²) in [6.45, 7) is 3.90. The molecule has 174 valence electrons. The number of ether oxygens (including phenoxy) is 1. The van der Waals surface area contributed by atoms with Crippen molar-refractivity contribution >= 4 is 33.4 Å². The number of nitrogens with zero attached hydrogens (tertiary/aromatic N) is 1. The number of amides is 1. The predicted octanol–water partition coefficient (Wildman–Crippen LogP) is 5.40. The van der Waals surface area contributed by atoms with Gasteiger partial charge < -0.3 is 19.8 Å². The van der Waals surface area contributed by atoms with Crippen LogP contribution in [0.25, 0.3) is 5.76 Å². The minimum Gasteiger partial charge on any atom is -0.507 e. The standard InChI is InChI=1S/C27H24BrNO5/c1-15-9-10-16(2)19(11-15)24(30)22-23(18-12-20(28)25(31)21(13-18)34-3)29(27(33)26(22)32)14-17-7-5-4-6-8-17/h4-13,23,30-31H,14H2,1-3H3/t23-/m0/s1. The summed E-state index contributed by atoms with van der Waals surface area (Å²) in [5.41, 5.74) is 3.54. The minimum absolute atomic E-state index is 0.00530. The van der Waals surface area contributed by atoms with Gasteiger partial charge in [-0.05, 0) is 64.7 Å². The van der Waals surface area contributed by atoms with E-state index in [1.54, 1.807) is 18.2 Å². The van der Waals surface area contributed by atoms with Crippen molar-refractivity contribution in [2.24, 2.45) is 0 Å². The van der Waals surface area contributed by atoms with E-state index in [-0.39, 0.29) is 29.4 Å². The molecule has 0 aliphatic carbocycles. The molecular weight excluding hydrogens is 498 g/mol. The Morgan fingerprint density at radius 3 is 2.44 bits per heavy atom. The Balaban J connectivity index is 1.96. The molecular formula is C27H24BrNO5. The van der Waals surface area contributed by atoms with Gasteiger partial charge in [-0.15, -0.1) is 0 Å². The highest BCUT2D eigenvalue weighted by molar-refractivity contribution is 9.10. The summed E-state index contributed by atoms with van der Waals surface area (Å²) in [6.07, 6.45) is 0. The zero-order valence-corrected chi connectivity index (χ0v) is 20.6. The van der Waals surface area contributed by atoms with Crippen LogP contribution in [0.4, 0.5) is 0 Å². The molecule has 4 rings (SSSR count). The summed E-state index contributed by atoms with van der Waals surface area (Å²) < 4.78 is 5.65. The van der Waals surface area contributed by atoms with Gasteiger partial charge in [0.15, 0.2) is 11.5 Å². The van der Waals surface area contributed by atoms with Gasteiger partial charge in [0.1, 0.15) is 5.76 Å². The molecule has 1 fully saturated rings. The maximum atomic E-state index is 13.3. The molecule has 1 amide bonds. The maximum Gasteiger partial charge on any atom is 0.295 e. The Kier molecular flexibility index (Phi) is 6.48. The first-order valence-corrected chi connectivity index (χ1v) is 11.5. The van der Waals surface area contributed by atoms with E-state index < -0.39 is 17.7 Å². The number of aliphatic hydroxyl groups excluding tert-OH is 1. The summed E-state index contributed by atoms with van der Waals surface area (Å²) in [5.74, 6) is -1.61. The number of halogens is 1. The highest BCUT2D eigenvalue weighted by atomic mass is 79.9. The number of rotatable bonds is 5. The van der Waals surface area contributed by atoms with Gasteiger partial charge in [-0.25, -0.2) is 0 Å². The van der Waals surface area contributed by atoms with Gasteiger partial charge in [0, 0.05) is 12.1 Å². The van der Waals surface area contributed by atoms with Crippen molar-refractivity contribution in [1.82, 2.24) is 4.90 Å². The zero-order chi connectivity index (χ0) is 24.6. The van der Waals surface area contributed by atoms with Gasteiger partial charge in [-0.3, -0.25) is 9.59 Å². The number of benzene rings is 3. The number of phenolic OH excluding ortho intramolecular Hbond substituents is 1. The second-order valence-corrected chi connectivity index (χ2v) is 9.14. The largest absolute Gasteiger partial charge is 0.507 e. The Morgan fingerprint density at radius 1 is 1.06 bits per heavy atom. The number of phenols is 1. The predicted molar refractivity (Wildman–Crippen MR) is 133 cm³/mol. The van der Waals surface area contributed by atoms with E-state index in [0.29, 0.717) is 15.6 Å². The van der Waals surface area contributed by atoms with Gasteiger partial charge in [0.2, 0.25) is 0 Å². The van der Waals surface area contributed by atoms with Crippen molar-refractivity contribution in [3.8, 4) is 11.5 Å². The molecule has 1 saturated heterocycles. The zero-order valence-electron chi connectivity index (χ0n) is 19.0. The Hall–Kier alpha value is -3.58. The van der Waals surface area contributed by atoms with Crippen LogP contribution in [0.1, 0.15) is 33.9 Å². The van der Waals surface area contributed by atoms with E-state index in [0.717, 1.165) is 16.7 Å². The van der Waals surface area contributed by atoms with Gasteiger partial charge >= 0.3 is 0 Å². The molecule has 3 aromatic rings. The molecule has 34 heavy (non-hydrogen) atoms. The number of ketones is 1. The molecule has 3 aromatic carbocycles. The number of carbonyl (C=O) groups excluding carboxylic acids is 2. The molecule has 0 unspecified atom stereocenters.